The van der Waals surface area contributed by atoms with Crippen LogP contribution in [0.1, 0.15) is 43.0 Å². The van der Waals surface area contributed by atoms with Gasteiger partial charge in [0.2, 0.25) is 0 Å². The number of Topliss-reactive ketones (excluding diaryl/α,β-unsaturated/α-hetero) is 1. The van der Waals surface area contributed by atoms with E-state index in [9.17, 15) is 10.0 Å². The van der Waals surface area contributed by atoms with E-state index in [-0.39, 0.29) is 17.6 Å². The molecule has 1 aromatic carbocycles. The largest absolute Gasteiger partial charge is 0.399 e. The molecule has 0 aromatic heterocycles. The molecule has 0 N–H and O–H groups in total. The number of rotatable bonds is 5. The molecule has 96 valence electrons. The molecule has 0 amide bonds. The molecule has 0 radical (unpaired) electrons. The van der Waals surface area contributed by atoms with E-state index in [0.717, 1.165) is 19.3 Å². The Morgan fingerprint density at radius 2 is 2.17 bits per heavy atom. The lowest BCUT2D eigenvalue weighted by Gasteiger charge is -2.09. The van der Waals surface area contributed by atoms with Crippen LogP contribution >= 0.6 is 0 Å². The van der Waals surface area contributed by atoms with Gasteiger partial charge in [-0.1, -0.05) is 50.1 Å². The highest BCUT2D eigenvalue weighted by atomic mass is 16.9. The highest BCUT2D eigenvalue weighted by molar-refractivity contribution is 6.44. The SMILES string of the molecule is CCCCC1CC(C(=O)c2ccccc2)=[N+]([O-])O1. The Hall–Kier alpha value is -1.84. The summed E-state index contributed by atoms with van der Waals surface area (Å²) in [5, 5.41) is 11.6. The average Bonchev–Trinajstić information content (AvgIpc) is 2.78. The molecule has 4 nitrogen and oxygen atoms in total. The maximum atomic E-state index is 12.1. The van der Waals surface area contributed by atoms with Crippen molar-refractivity contribution in [2.45, 2.75) is 38.7 Å². The van der Waals surface area contributed by atoms with Crippen molar-refractivity contribution < 1.29 is 14.5 Å². The fourth-order valence-electron chi connectivity index (χ4n) is 2.04. The van der Waals surface area contributed by atoms with E-state index < -0.39 is 0 Å². The second kappa shape index (κ2) is 5.67. The van der Waals surface area contributed by atoms with E-state index in [1.807, 2.05) is 6.07 Å². The summed E-state index contributed by atoms with van der Waals surface area (Å²) in [7, 11) is 0. The standard InChI is InChI=1S/C14H17NO3/c1-2-3-9-12-10-13(15(17)18-12)14(16)11-7-5-4-6-8-11/h4-8,12H,2-3,9-10H2,1H3. The zero-order chi connectivity index (χ0) is 13.0. The lowest BCUT2D eigenvalue weighted by molar-refractivity contribution is -0.740. The first-order valence-corrected chi connectivity index (χ1v) is 6.32. The van der Waals surface area contributed by atoms with Crippen molar-refractivity contribution in [1.82, 2.24) is 0 Å². The van der Waals surface area contributed by atoms with Gasteiger partial charge in [0.15, 0.2) is 0 Å². The molecule has 0 saturated heterocycles. The lowest BCUT2D eigenvalue weighted by Crippen LogP contribution is -2.19. The summed E-state index contributed by atoms with van der Waals surface area (Å²) >= 11 is 0. The maximum Gasteiger partial charge on any atom is 0.293 e. The van der Waals surface area contributed by atoms with Crippen LogP contribution in [0.2, 0.25) is 0 Å². The van der Waals surface area contributed by atoms with Gasteiger partial charge in [-0.25, -0.2) is 0 Å². The van der Waals surface area contributed by atoms with Gasteiger partial charge in [-0.2, -0.15) is 0 Å². The number of hydrogen-bond donors (Lipinski definition) is 0. The fraction of sp³-hybridized carbons (Fsp3) is 0.429. The minimum absolute atomic E-state index is 0.148. The van der Waals surface area contributed by atoms with E-state index in [2.05, 4.69) is 6.92 Å². The molecule has 0 aliphatic carbocycles. The van der Waals surface area contributed by atoms with E-state index in [1.165, 1.54) is 0 Å². The molecule has 1 aromatic rings. The van der Waals surface area contributed by atoms with Gasteiger partial charge in [0.1, 0.15) is 0 Å². The van der Waals surface area contributed by atoms with Crippen LogP contribution in [0.5, 0.6) is 0 Å². The monoisotopic (exact) mass is 247 g/mol. The van der Waals surface area contributed by atoms with Crippen molar-refractivity contribution in [2.24, 2.45) is 0 Å². The topological polar surface area (TPSA) is 52.4 Å². The van der Waals surface area contributed by atoms with Crippen molar-refractivity contribution in [3.05, 3.63) is 41.1 Å². The Morgan fingerprint density at radius 3 is 2.83 bits per heavy atom. The summed E-state index contributed by atoms with van der Waals surface area (Å²) in [6, 6.07) is 8.83. The molecule has 2 rings (SSSR count). The van der Waals surface area contributed by atoms with Crippen LogP contribution in [0.25, 0.3) is 0 Å². The minimum Gasteiger partial charge on any atom is -0.399 e. The molecule has 1 aliphatic heterocycles. The summed E-state index contributed by atoms with van der Waals surface area (Å²) in [5.41, 5.74) is 0.746. The van der Waals surface area contributed by atoms with Crippen LogP contribution in [0.15, 0.2) is 30.3 Å². The number of carbonyl (C=O) groups excluding carboxylic acids is 1. The first kappa shape index (κ1) is 12.6. The van der Waals surface area contributed by atoms with Gasteiger partial charge in [0.25, 0.3) is 11.5 Å². The first-order chi connectivity index (χ1) is 8.72. The van der Waals surface area contributed by atoms with Crippen molar-refractivity contribution in [1.29, 1.82) is 0 Å². The summed E-state index contributed by atoms with van der Waals surface area (Å²) in [6.07, 6.45) is 3.15. The zero-order valence-electron chi connectivity index (χ0n) is 10.5. The summed E-state index contributed by atoms with van der Waals surface area (Å²) < 4.78 is 0. The zero-order valence-corrected chi connectivity index (χ0v) is 10.5. The Morgan fingerprint density at radius 1 is 1.44 bits per heavy atom. The molecule has 0 bridgehead atoms. The van der Waals surface area contributed by atoms with E-state index >= 15 is 0 Å². The normalized spacial score (nSPS) is 18.8. The summed E-state index contributed by atoms with van der Waals surface area (Å²) in [6.45, 7) is 2.09. The fourth-order valence-corrected chi connectivity index (χ4v) is 2.04. The molecule has 0 fully saturated rings. The quantitative estimate of drug-likeness (QED) is 0.593. The van der Waals surface area contributed by atoms with Crippen LogP contribution < -0.4 is 0 Å². The average molecular weight is 247 g/mol. The number of unbranched alkanes of at least 4 members (excludes halogenated alkanes) is 1. The van der Waals surface area contributed by atoms with Gasteiger partial charge < -0.3 is 4.84 Å². The summed E-state index contributed by atoms with van der Waals surface area (Å²) in [5.74, 6) is -0.232. The maximum absolute atomic E-state index is 12.1. The molecule has 1 atom stereocenters. The van der Waals surface area contributed by atoms with Crippen LogP contribution in [-0.4, -0.2) is 22.5 Å². The number of carbonyl (C=O) groups is 1. The van der Waals surface area contributed by atoms with Gasteiger partial charge in [0.05, 0.1) is 12.5 Å². The van der Waals surface area contributed by atoms with Crippen molar-refractivity contribution in [2.75, 3.05) is 0 Å². The third-order valence-electron chi connectivity index (χ3n) is 3.06. The van der Waals surface area contributed by atoms with E-state index in [4.69, 9.17) is 4.84 Å². The van der Waals surface area contributed by atoms with Crippen LogP contribution in [-0.2, 0) is 4.84 Å². The minimum atomic E-state index is -0.232. The van der Waals surface area contributed by atoms with Gasteiger partial charge >= 0.3 is 0 Å². The predicted molar refractivity (Wildman–Crippen MR) is 68.4 cm³/mol. The second-order valence-electron chi connectivity index (χ2n) is 4.47. The molecule has 4 heteroatoms. The van der Waals surface area contributed by atoms with E-state index in [1.54, 1.807) is 24.3 Å². The molecule has 1 aliphatic rings. The number of hydrogen-bond acceptors (Lipinski definition) is 3. The van der Waals surface area contributed by atoms with Gasteiger partial charge in [-0.3, -0.25) is 10.0 Å². The molecule has 0 saturated carbocycles. The second-order valence-corrected chi connectivity index (χ2v) is 4.47. The van der Waals surface area contributed by atoms with Crippen molar-refractivity contribution in [3.8, 4) is 0 Å². The number of nitrogens with zero attached hydrogens (tertiary/aromatic N) is 1. The lowest BCUT2D eigenvalue weighted by atomic mass is 10.0. The van der Waals surface area contributed by atoms with Crippen LogP contribution in [0, 0.1) is 5.21 Å². The first-order valence-electron chi connectivity index (χ1n) is 6.32. The Kier molecular flexibility index (Phi) is 3.97. The number of benzene rings is 1. The Balaban J connectivity index is 2.05. The highest BCUT2D eigenvalue weighted by Gasteiger charge is 2.33. The number of ketones is 1. The van der Waals surface area contributed by atoms with Crippen molar-refractivity contribution >= 4 is 11.5 Å². The molecule has 0 spiro atoms. The van der Waals surface area contributed by atoms with Gasteiger partial charge in [0, 0.05) is 10.5 Å². The van der Waals surface area contributed by atoms with Crippen molar-refractivity contribution in [3.63, 3.8) is 0 Å². The Labute approximate surface area is 106 Å². The highest BCUT2D eigenvalue weighted by Crippen LogP contribution is 2.18. The van der Waals surface area contributed by atoms with Gasteiger partial charge in [-0.15, -0.1) is 0 Å². The van der Waals surface area contributed by atoms with Crippen LogP contribution in [0.3, 0.4) is 0 Å². The molecule has 1 unspecified atom stereocenters. The van der Waals surface area contributed by atoms with Gasteiger partial charge in [-0.05, 0) is 6.42 Å². The summed E-state index contributed by atoms with van der Waals surface area (Å²) in [4.78, 5) is 17.7. The molecule has 1 heterocycles. The van der Waals surface area contributed by atoms with Crippen LogP contribution in [0.4, 0.5) is 0 Å². The third kappa shape index (κ3) is 2.70. The predicted octanol–water partition coefficient (Wildman–Crippen LogP) is 2.71. The van der Waals surface area contributed by atoms with E-state index in [0.29, 0.717) is 16.9 Å². The Bertz CT molecular complexity index is 453. The smallest absolute Gasteiger partial charge is 0.293 e. The molecular weight excluding hydrogens is 230 g/mol. The third-order valence-corrected chi connectivity index (χ3v) is 3.06. The molecular formula is C14H17NO3. The molecule has 18 heavy (non-hydrogen) atoms.